The highest BCUT2D eigenvalue weighted by Crippen LogP contribution is 2.01. The number of hydrogen-bond acceptors (Lipinski definition) is 2. The fourth-order valence-electron chi connectivity index (χ4n) is 1.28. The molecular weight excluding hydrogens is 149 g/mol. The number of aryl methyl sites for hydroxylation is 2. The lowest BCUT2D eigenvalue weighted by molar-refractivity contribution is 0.970. The van der Waals surface area contributed by atoms with E-state index < -0.39 is 0 Å². The Hall–Kier alpha value is -1.32. The maximum atomic E-state index is 5.79. The van der Waals surface area contributed by atoms with Gasteiger partial charge in [-0.2, -0.15) is 0 Å². The van der Waals surface area contributed by atoms with E-state index in [1.54, 1.807) is 6.20 Å². The summed E-state index contributed by atoms with van der Waals surface area (Å²) in [5, 5.41) is 0. The summed E-state index contributed by atoms with van der Waals surface area (Å²) in [5.74, 6) is 0.911. The predicted octanol–water partition coefficient (Wildman–Crippen LogP) is 0.140. The van der Waals surface area contributed by atoms with Crippen LogP contribution >= 0.6 is 0 Å². The van der Waals surface area contributed by atoms with Crippen LogP contribution in [-0.2, 0) is 0 Å². The molecule has 0 atom stereocenters. The first-order valence-corrected chi connectivity index (χ1v) is 3.76. The van der Waals surface area contributed by atoms with Gasteiger partial charge in [-0.05, 0) is 19.3 Å². The lowest BCUT2D eigenvalue weighted by Gasteiger charge is -2.04. The summed E-state index contributed by atoms with van der Waals surface area (Å²) in [5.41, 5.74) is 2.29. The molecule has 0 aliphatic rings. The summed E-state index contributed by atoms with van der Waals surface area (Å²) in [7, 11) is 5.79. The largest absolute Gasteiger partial charge is 0.289 e. The predicted molar refractivity (Wildman–Crippen MR) is 47.8 cm³/mol. The highest BCUT2D eigenvalue weighted by atomic mass is 15.1. The smallest absolute Gasteiger partial charge is 0.132 e. The van der Waals surface area contributed by atoms with Crippen molar-refractivity contribution in [1.82, 2.24) is 14.4 Å². The molecule has 2 radical (unpaired) electrons. The molecule has 0 amide bonds. The highest BCUT2D eigenvalue weighted by molar-refractivity contribution is 6.36. The van der Waals surface area contributed by atoms with Gasteiger partial charge in [0.05, 0.1) is 0 Å². The summed E-state index contributed by atoms with van der Waals surface area (Å²) >= 11 is 0. The Labute approximate surface area is 71.9 Å². The van der Waals surface area contributed by atoms with Gasteiger partial charge in [-0.1, -0.05) is 0 Å². The van der Waals surface area contributed by atoms with Gasteiger partial charge >= 0.3 is 0 Å². The molecule has 2 heterocycles. The maximum Gasteiger partial charge on any atom is 0.132 e. The fraction of sp³-hybridized carbons (Fsp3) is 0.250. The third-order valence-corrected chi connectivity index (χ3v) is 1.95. The first kappa shape index (κ1) is 7.34. The fourth-order valence-corrected chi connectivity index (χ4v) is 1.28. The standard InChI is InChI=1S/C8H8BN3/c1-5-7(9)8-10-3-4-12(8)6(2)11-5/h3-4H,1-2H3. The van der Waals surface area contributed by atoms with E-state index in [0.717, 1.165) is 17.2 Å². The van der Waals surface area contributed by atoms with Crippen LogP contribution in [0.4, 0.5) is 0 Å². The molecule has 0 saturated heterocycles. The topological polar surface area (TPSA) is 30.2 Å². The minimum Gasteiger partial charge on any atom is -0.289 e. The van der Waals surface area contributed by atoms with Crippen molar-refractivity contribution >= 4 is 19.0 Å². The Kier molecular flexibility index (Phi) is 1.43. The lowest BCUT2D eigenvalue weighted by atomic mass is 9.95. The van der Waals surface area contributed by atoms with Gasteiger partial charge in [-0.15, -0.1) is 0 Å². The second-order valence-corrected chi connectivity index (χ2v) is 2.78. The van der Waals surface area contributed by atoms with Crippen molar-refractivity contribution in [3.63, 3.8) is 0 Å². The molecule has 0 saturated carbocycles. The highest BCUT2D eigenvalue weighted by Gasteiger charge is 2.04. The zero-order valence-electron chi connectivity index (χ0n) is 7.07. The van der Waals surface area contributed by atoms with Crippen molar-refractivity contribution < 1.29 is 0 Å². The summed E-state index contributed by atoms with van der Waals surface area (Å²) < 4.78 is 1.88. The van der Waals surface area contributed by atoms with Crippen molar-refractivity contribution in [2.24, 2.45) is 0 Å². The van der Waals surface area contributed by atoms with Crippen LogP contribution in [0, 0.1) is 13.8 Å². The molecule has 2 aromatic rings. The minimum atomic E-state index is 0.658. The van der Waals surface area contributed by atoms with E-state index in [2.05, 4.69) is 9.97 Å². The summed E-state index contributed by atoms with van der Waals surface area (Å²) in [6.45, 7) is 3.82. The number of aromatic nitrogens is 3. The normalized spacial score (nSPS) is 10.8. The molecule has 58 valence electrons. The van der Waals surface area contributed by atoms with Crippen LogP contribution in [0.15, 0.2) is 12.4 Å². The quantitative estimate of drug-likeness (QED) is 0.509. The zero-order valence-corrected chi connectivity index (χ0v) is 7.07. The average Bonchev–Trinajstić information content (AvgIpc) is 2.48. The zero-order chi connectivity index (χ0) is 8.72. The molecular formula is C8H8BN3. The first-order valence-electron chi connectivity index (χ1n) is 3.76. The number of fused-ring (bicyclic) bond motifs is 1. The molecule has 3 nitrogen and oxygen atoms in total. The van der Waals surface area contributed by atoms with E-state index >= 15 is 0 Å². The van der Waals surface area contributed by atoms with Crippen molar-refractivity contribution in [2.45, 2.75) is 13.8 Å². The van der Waals surface area contributed by atoms with E-state index in [-0.39, 0.29) is 0 Å². The SMILES string of the molecule is [B]c1c(C)nc(C)n2ccnc12. The van der Waals surface area contributed by atoms with Gasteiger partial charge in [-0.25, -0.2) is 9.97 Å². The van der Waals surface area contributed by atoms with Gasteiger partial charge in [-0.3, -0.25) is 4.40 Å². The van der Waals surface area contributed by atoms with E-state index in [9.17, 15) is 0 Å². The van der Waals surface area contributed by atoms with E-state index in [4.69, 9.17) is 7.85 Å². The number of rotatable bonds is 0. The maximum absolute atomic E-state index is 5.79. The third-order valence-electron chi connectivity index (χ3n) is 1.95. The van der Waals surface area contributed by atoms with Crippen LogP contribution in [0.3, 0.4) is 0 Å². The van der Waals surface area contributed by atoms with Crippen molar-refractivity contribution in [3.8, 4) is 0 Å². The minimum absolute atomic E-state index is 0.658. The van der Waals surface area contributed by atoms with Crippen molar-refractivity contribution in [1.29, 1.82) is 0 Å². The van der Waals surface area contributed by atoms with Crippen LogP contribution in [-0.4, -0.2) is 22.2 Å². The summed E-state index contributed by atoms with van der Waals surface area (Å²) in [6.07, 6.45) is 3.58. The molecule has 2 aromatic heterocycles. The molecule has 4 heteroatoms. The Balaban J connectivity index is 2.97. The van der Waals surface area contributed by atoms with Crippen LogP contribution in [0.25, 0.3) is 5.65 Å². The molecule has 0 aliphatic carbocycles. The molecule has 12 heavy (non-hydrogen) atoms. The molecule has 0 fully saturated rings. The first-order chi connectivity index (χ1) is 5.70. The molecule has 0 aromatic carbocycles. The van der Waals surface area contributed by atoms with E-state index in [0.29, 0.717) is 5.46 Å². The second-order valence-electron chi connectivity index (χ2n) is 2.78. The van der Waals surface area contributed by atoms with E-state index in [1.807, 2.05) is 24.4 Å². The number of hydrogen-bond donors (Lipinski definition) is 0. The van der Waals surface area contributed by atoms with Crippen molar-refractivity contribution in [3.05, 3.63) is 23.9 Å². The van der Waals surface area contributed by atoms with Crippen molar-refractivity contribution in [2.75, 3.05) is 0 Å². The number of imidazole rings is 1. The van der Waals surface area contributed by atoms with Gasteiger partial charge in [0.2, 0.25) is 0 Å². The Morgan fingerprint density at radius 3 is 2.92 bits per heavy atom. The second kappa shape index (κ2) is 2.34. The van der Waals surface area contributed by atoms with Gasteiger partial charge in [0.1, 0.15) is 19.3 Å². The lowest BCUT2D eigenvalue weighted by Crippen LogP contribution is -2.16. The van der Waals surface area contributed by atoms with Crippen LogP contribution in [0.1, 0.15) is 11.5 Å². The van der Waals surface area contributed by atoms with Gasteiger partial charge < -0.3 is 0 Å². The molecule has 0 N–H and O–H groups in total. The average molecular weight is 157 g/mol. The third kappa shape index (κ3) is 0.842. The van der Waals surface area contributed by atoms with Gasteiger partial charge in [0, 0.05) is 18.1 Å². The summed E-state index contributed by atoms with van der Waals surface area (Å²) in [4.78, 5) is 8.41. The van der Waals surface area contributed by atoms with Crippen LogP contribution in [0.2, 0.25) is 0 Å². The van der Waals surface area contributed by atoms with Gasteiger partial charge in [0.15, 0.2) is 0 Å². The Morgan fingerprint density at radius 1 is 1.42 bits per heavy atom. The number of nitrogens with zero attached hydrogens (tertiary/aromatic N) is 3. The van der Waals surface area contributed by atoms with E-state index in [1.165, 1.54) is 0 Å². The summed E-state index contributed by atoms with van der Waals surface area (Å²) in [6, 6.07) is 0. The van der Waals surface area contributed by atoms with Crippen LogP contribution in [0.5, 0.6) is 0 Å². The van der Waals surface area contributed by atoms with Crippen LogP contribution < -0.4 is 5.46 Å². The molecule has 0 aliphatic heterocycles. The monoisotopic (exact) mass is 157 g/mol. The Bertz CT molecular complexity index is 433. The molecule has 0 unspecified atom stereocenters. The molecule has 2 rings (SSSR count). The van der Waals surface area contributed by atoms with Gasteiger partial charge in [0.25, 0.3) is 0 Å². The Morgan fingerprint density at radius 2 is 2.17 bits per heavy atom. The molecule has 0 spiro atoms. The molecule has 0 bridgehead atoms.